The number of hydrogen-bond acceptors (Lipinski definition) is 2. The summed E-state index contributed by atoms with van der Waals surface area (Å²) in [4.78, 5) is 4.07. The van der Waals surface area contributed by atoms with Crippen LogP contribution in [0, 0.1) is 6.92 Å². The molecule has 1 unspecified atom stereocenters. The van der Waals surface area contributed by atoms with Crippen molar-refractivity contribution in [3.8, 4) is 0 Å². The first-order chi connectivity index (χ1) is 9.20. The van der Waals surface area contributed by atoms with Crippen molar-refractivity contribution in [1.82, 2.24) is 10.3 Å². The van der Waals surface area contributed by atoms with Gasteiger partial charge in [-0.05, 0) is 60.8 Å². The third-order valence-corrected chi connectivity index (χ3v) is 3.74. The Morgan fingerprint density at radius 1 is 1.21 bits per heavy atom. The van der Waals surface area contributed by atoms with Gasteiger partial charge in [0.05, 0.1) is 0 Å². The van der Waals surface area contributed by atoms with Gasteiger partial charge < -0.3 is 5.32 Å². The number of likely N-dealkylation sites (N-methyl/N-ethyl adjacent to an activating group) is 1. The standard InChI is InChI=1S/C16H19BrN2/c1-3-19-16(11-13-6-8-18-9-7-13)15-5-4-14(17)10-12(15)2/h4-10,16,19H,3,11H2,1-2H3. The number of nitrogens with zero attached hydrogens (tertiary/aromatic N) is 1. The Balaban J connectivity index is 2.24. The molecule has 0 bridgehead atoms. The summed E-state index contributed by atoms with van der Waals surface area (Å²) in [6, 6.07) is 11.0. The number of benzene rings is 1. The summed E-state index contributed by atoms with van der Waals surface area (Å²) in [5.74, 6) is 0. The van der Waals surface area contributed by atoms with E-state index < -0.39 is 0 Å². The molecule has 1 heterocycles. The first-order valence-corrected chi connectivity index (χ1v) is 7.38. The van der Waals surface area contributed by atoms with Crippen molar-refractivity contribution in [3.63, 3.8) is 0 Å². The third kappa shape index (κ3) is 3.88. The van der Waals surface area contributed by atoms with Crippen LogP contribution in [-0.4, -0.2) is 11.5 Å². The molecule has 0 fully saturated rings. The van der Waals surface area contributed by atoms with Crippen molar-refractivity contribution < 1.29 is 0 Å². The molecule has 3 heteroatoms. The van der Waals surface area contributed by atoms with Crippen molar-refractivity contribution in [2.24, 2.45) is 0 Å². The fourth-order valence-electron chi connectivity index (χ4n) is 2.32. The van der Waals surface area contributed by atoms with Crippen LogP contribution >= 0.6 is 15.9 Å². The van der Waals surface area contributed by atoms with E-state index in [9.17, 15) is 0 Å². The van der Waals surface area contributed by atoms with E-state index in [1.165, 1.54) is 16.7 Å². The van der Waals surface area contributed by atoms with Gasteiger partial charge in [0.15, 0.2) is 0 Å². The van der Waals surface area contributed by atoms with Crippen LogP contribution in [0.2, 0.25) is 0 Å². The van der Waals surface area contributed by atoms with Gasteiger partial charge in [-0.15, -0.1) is 0 Å². The number of aryl methyl sites for hydroxylation is 1. The van der Waals surface area contributed by atoms with Crippen molar-refractivity contribution in [1.29, 1.82) is 0 Å². The van der Waals surface area contributed by atoms with Crippen LogP contribution in [0.15, 0.2) is 47.2 Å². The Morgan fingerprint density at radius 2 is 1.95 bits per heavy atom. The van der Waals surface area contributed by atoms with Crippen molar-refractivity contribution >= 4 is 15.9 Å². The summed E-state index contributed by atoms with van der Waals surface area (Å²) >= 11 is 3.52. The highest BCUT2D eigenvalue weighted by atomic mass is 79.9. The summed E-state index contributed by atoms with van der Waals surface area (Å²) < 4.78 is 1.13. The number of nitrogens with one attached hydrogen (secondary N) is 1. The predicted octanol–water partition coefficient (Wildman–Crippen LogP) is 4.05. The molecule has 0 aliphatic rings. The molecule has 0 radical (unpaired) electrons. The maximum absolute atomic E-state index is 4.07. The molecular weight excluding hydrogens is 300 g/mol. The monoisotopic (exact) mass is 318 g/mol. The quantitative estimate of drug-likeness (QED) is 0.899. The fourth-order valence-corrected chi connectivity index (χ4v) is 2.80. The summed E-state index contributed by atoms with van der Waals surface area (Å²) in [5, 5.41) is 3.57. The molecule has 1 aromatic heterocycles. The lowest BCUT2D eigenvalue weighted by Gasteiger charge is -2.20. The smallest absolute Gasteiger partial charge is 0.0363 e. The van der Waals surface area contributed by atoms with E-state index in [1.807, 2.05) is 12.4 Å². The Kier molecular flexibility index (Phi) is 5.11. The average Bonchev–Trinajstić information content (AvgIpc) is 2.39. The Hall–Kier alpha value is -1.19. The zero-order chi connectivity index (χ0) is 13.7. The zero-order valence-electron chi connectivity index (χ0n) is 11.4. The van der Waals surface area contributed by atoms with Gasteiger partial charge in [-0.2, -0.15) is 0 Å². The minimum atomic E-state index is 0.348. The van der Waals surface area contributed by atoms with Gasteiger partial charge in [-0.3, -0.25) is 4.98 Å². The summed E-state index contributed by atoms with van der Waals surface area (Å²) in [6.07, 6.45) is 4.69. The van der Waals surface area contributed by atoms with Gasteiger partial charge in [-0.1, -0.05) is 28.9 Å². The van der Waals surface area contributed by atoms with E-state index in [4.69, 9.17) is 0 Å². The first-order valence-electron chi connectivity index (χ1n) is 6.59. The minimum Gasteiger partial charge on any atom is -0.310 e. The van der Waals surface area contributed by atoms with Gasteiger partial charge in [0, 0.05) is 22.9 Å². The highest BCUT2D eigenvalue weighted by molar-refractivity contribution is 9.10. The van der Waals surface area contributed by atoms with Gasteiger partial charge in [0.2, 0.25) is 0 Å². The Morgan fingerprint density at radius 3 is 2.58 bits per heavy atom. The zero-order valence-corrected chi connectivity index (χ0v) is 12.9. The van der Waals surface area contributed by atoms with Gasteiger partial charge in [0.25, 0.3) is 0 Å². The molecule has 2 rings (SSSR count). The van der Waals surface area contributed by atoms with E-state index in [0.717, 1.165) is 17.4 Å². The lowest BCUT2D eigenvalue weighted by Crippen LogP contribution is -2.23. The molecule has 0 aliphatic heterocycles. The highest BCUT2D eigenvalue weighted by Crippen LogP contribution is 2.24. The highest BCUT2D eigenvalue weighted by Gasteiger charge is 2.13. The number of hydrogen-bond donors (Lipinski definition) is 1. The van der Waals surface area contributed by atoms with Gasteiger partial charge >= 0.3 is 0 Å². The molecule has 0 saturated carbocycles. The molecule has 0 saturated heterocycles. The Bertz CT molecular complexity index is 526. The SMILES string of the molecule is CCNC(Cc1ccncc1)c1ccc(Br)cc1C. The van der Waals surface area contributed by atoms with E-state index in [-0.39, 0.29) is 0 Å². The molecule has 1 N–H and O–H groups in total. The fraction of sp³-hybridized carbons (Fsp3) is 0.312. The van der Waals surface area contributed by atoms with Crippen LogP contribution in [0.3, 0.4) is 0 Å². The van der Waals surface area contributed by atoms with Crippen LogP contribution in [0.25, 0.3) is 0 Å². The maximum Gasteiger partial charge on any atom is 0.0363 e. The van der Waals surface area contributed by atoms with Crippen LogP contribution in [0.4, 0.5) is 0 Å². The number of pyridine rings is 1. The first kappa shape index (κ1) is 14.2. The summed E-state index contributed by atoms with van der Waals surface area (Å²) in [5.41, 5.74) is 3.99. The largest absolute Gasteiger partial charge is 0.310 e. The number of halogens is 1. The topological polar surface area (TPSA) is 24.9 Å². The Labute approximate surface area is 123 Å². The van der Waals surface area contributed by atoms with E-state index in [0.29, 0.717) is 6.04 Å². The summed E-state index contributed by atoms with van der Waals surface area (Å²) in [6.45, 7) is 5.27. The molecule has 0 amide bonds. The number of aromatic nitrogens is 1. The second-order valence-electron chi connectivity index (χ2n) is 4.67. The number of rotatable bonds is 5. The molecular formula is C16H19BrN2. The minimum absolute atomic E-state index is 0.348. The third-order valence-electron chi connectivity index (χ3n) is 3.25. The predicted molar refractivity (Wildman–Crippen MR) is 83.2 cm³/mol. The van der Waals surface area contributed by atoms with Crippen molar-refractivity contribution in [2.45, 2.75) is 26.3 Å². The van der Waals surface area contributed by atoms with Crippen molar-refractivity contribution in [3.05, 3.63) is 63.9 Å². The molecule has 0 aliphatic carbocycles. The van der Waals surface area contributed by atoms with Gasteiger partial charge in [-0.25, -0.2) is 0 Å². The van der Waals surface area contributed by atoms with Crippen LogP contribution < -0.4 is 5.32 Å². The molecule has 1 aromatic carbocycles. The molecule has 2 aromatic rings. The molecule has 100 valence electrons. The van der Waals surface area contributed by atoms with Crippen LogP contribution in [0.5, 0.6) is 0 Å². The van der Waals surface area contributed by atoms with Crippen LogP contribution in [-0.2, 0) is 6.42 Å². The van der Waals surface area contributed by atoms with E-state index in [1.54, 1.807) is 0 Å². The second-order valence-corrected chi connectivity index (χ2v) is 5.59. The maximum atomic E-state index is 4.07. The lowest BCUT2D eigenvalue weighted by atomic mass is 9.96. The molecule has 19 heavy (non-hydrogen) atoms. The normalized spacial score (nSPS) is 12.4. The molecule has 0 spiro atoms. The van der Waals surface area contributed by atoms with E-state index in [2.05, 4.69) is 70.4 Å². The van der Waals surface area contributed by atoms with Crippen LogP contribution in [0.1, 0.15) is 29.7 Å². The molecule has 2 nitrogen and oxygen atoms in total. The summed E-state index contributed by atoms with van der Waals surface area (Å²) in [7, 11) is 0. The average molecular weight is 319 g/mol. The molecule has 1 atom stereocenters. The van der Waals surface area contributed by atoms with Gasteiger partial charge in [0.1, 0.15) is 0 Å². The van der Waals surface area contributed by atoms with Crippen molar-refractivity contribution in [2.75, 3.05) is 6.54 Å². The second kappa shape index (κ2) is 6.83. The lowest BCUT2D eigenvalue weighted by molar-refractivity contribution is 0.547. The van der Waals surface area contributed by atoms with E-state index >= 15 is 0 Å².